The Bertz CT molecular complexity index is 1760. The van der Waals surface area contributed by atoms with Gasteiger partial charge in [-0.25, -0.2) is 4.98 Å². The van der Waals surface area contributed by atoms with Crippen LogP contribution in [-0.4, -0.2) is 91.0 Å². The van der Waals surface area contributed by atoms with Gasteiger partial charge in [-0.05, 0) is 37.1 Å². The molecule has 51 heavy (non-hydrogen) atoms. The molecule has 0 radical (unpaired) electrons. The van der Waals surface area contributed by atoms with Gasteiger partial charge in [-0.2, -0.15) is 0 Å². The Labute approximate surface area is 286 Å². The van der Waals surface area contributed by atoms with E-state index in [-0.39, 0.29) is 18.6 Å². The number of benzene rings is 2. The molecule has 1 N–H and O–H groups in total. The highest BCUT2D eigenvalue weighted by atomic mass is 17.0. The Morgan fingerprint density at radius 2 is 1.33 bits per heavy atom. The monoisotopic (exact) mass is 723 g/mol. The Balaban J connectivity index is 1.55. The number of aryl methyl sites for hydroxylation is 2. The van der Waals surface area contributed by atoms with Crippen molar-refractivity contribution in [1.29, 1.82) is 0 Å². The fraction of sp³-hybridized carbons (Fsp3) is 0.448. The molecule has 0 saturated carbocycles. The maximum Gasteiger partial charge on any atom is 0.306 e. The highest BCUT2D eigenvalue weighted by Gasteiger charge is 2.37. The lowest BCUT2D eigenvalue weighted by atomic mass is 9.92. The molecule has 3 rings (SSSR count). The fourth-order valence-electron chi connectivity index (χ4n) is 4.64. The van der Waals surface area contributed by atoms with Crippen LogP contribution >= 0.6 is 0 Å². The van der Waals surface area contributed by atoms with E-state index in [9.17, 15) is 44.7 Å². The molecule has 0 aliphatic carbocycles. The van der Waals surface area contributed by atoms with Crippen molar-refractivity contribution in [2.45, 2.75) is 26.7 Å². The molecule has 22 heteroatoms. The lowest BCUT2D eigenvalue weighted by Gasteiger charge is -2.29. The Morgan fingerprint density at radius 3 is 1.84 bits per heavy atom. The number of nitrogens with one attached hydrogen (secondary N) is 1. The molecule has 1 heterocycles. The average molecular weight is 724 g/mol. The zero-order valence-electron chi connectivity index (χ0n) is 27.7. The minimum Gasteiger partial charge on any atom is -0.497 e. The molecule has 1 aromatic heterocycles. The van der Waals surface area contributed by atoms with Crippen molar-refractivity contribution in [3.8, 4) is 28.6 Å². The number of aromatic nitrogens is 2. The van der Waals surface area contributed by atoms with Gasteiger partial charge in [-0.1, -0.05) is 0 Å². The number of hydrogen-bond acceptors (Lipinski definition) is 18. The van der Waals surface area contributed by atoms with E-state index in [0.29, 0.717) is 45.3 Å². The molecule has 0 aliphatic rings. The predicted octanol–water partition coefficient (Wildman–Crippen LogP) is 2.08. The zero-order chi connectivity index (χ0) is 37.7. The summed E-state index contributed by atoms with van der Waals surface area (Å²) in [5.41, 5.74) is -0.0694. The topological polar surface area (TPSA) is 283 Å². The van der Waals surface area contributed by atoms with Crippen molar-refractivity contribution in [2.24, 2.45) is 5.41 Å². The third kappa shape index (κ3) is 11.3. The van der Waals surface area contributed by atoms with E-state index >= 15 is 0 Å². The Kier molecular flexibility index (Phi) is 13.6. The lowest BCUT2D eigenvalue weighted by Crippen LogP contribution is -2.44. The molecule has 0 aliphatic heterocycles. The van der Waals surface area contributed by atoms with Gasteiger partial charge in [0.2, 0.25) is 0 Å². The number of rotatable bonds is 21. The summed E-state index contributed by atoms with van der Waals surface area (Å²) in [5.74, 6) is -0.274. The van der Waals surface area contributed by atoms with E-state index in [1.54, 1.807) is 38.1 Å². The van der Waals surface area contributed by atoms with Gasteiger partial charge < -0.3 is 43.2 Å². The van der Waals surface area contributed by atoms with Crippen molar-refractivity contribution in [1.82, 2.24) is 9.97 Å². The summed E-state index contributed by atoms with van der Waals surface area (Å²) in [5, 5.41) is 28.4. The van der Waals surface area contributed by atoms with Gasteiger partial charge in [-0.15, -0.1) is 30.3 Å². The second kappa shape index (κ2) is 17.8. The summed E-state index contributed by atoms with van der Waals surface area (Å²) in [6, 6.07) is 6.72. The van der Waals surface area contributed by atoms with Gasteiger partial charge in [-0.3, -0.25) is 14.4 Å². The van der Waals surface area contributed by atoms with E-state index in [2.05, 4.69) is 24.5 Å². The Morgan fingerprint density at radius 1 is 0.784 bits per heavy atom. The molecule has 0 atom stereocenters. The van der Waals surface area contributed by atoms with Crippen molar-refractivity contribution in [3.05, 3.63) is 76.1 Å². The number of methoxy groups -OCH3 is 2. The summed E-state index contributed by atoms with van der Waals surface area (Å²) >= 11 is 0. The molecule has 0 fully saturated rings. The van der Waals surface area contributed by atoms with Crippen LogP contribution in [0.4, 0.5) is 0 Å². The summed E-state index contributed by atoms with van der Waals surface area (Å²) in [6.45, 7) is -0.668. The van der Waals surface area contributed by atoms with Crippen molar-refractivity contribution < 1.29 is 63.0 Å². The SMILES string of the molecule is COc1cc(OC)c2c(=O)[nH]c(-c3cc(C)c(OCCOC(=O)CCC(=O)OCC(CO[N+](=O)[O-])(CO[N+](=O)[O-])CO[N+](=O)[O-])c(C)c3)nc2c1. The van der Waals surface area contributed by atoms with Gasteiger partial charge >= 0.3 is 11.9 Å². The first kappa shape index (κ1) is 39.0. The van der Waals surface area contributed by atoms with Gasteiger partial charge in [0.15, 0.2) is 0 Å². The minimum absolute atomic E-state index is 0.0618. The van der Waals surface area contributed by atoms with Gasteiger partial charge in [0.25, 0.3) is 20.8 Å². The van der Waals surface area contributed by atoms with Crippen LogP contribution in [0.15, 0.2) is 29.1 Å². The molecule has 0 amide bonds. The average Bonchev–Trinajstić information content (AvgIpc) is 3.08. The van der Waals surface area contributed by atoms with Crippen LogP contribution in [0, 0.1) is 49.6 Å². The summed E-state index contributed by atoms with van der Waals surface area (Å²) in [7, 11) is 2.92. The normalized spacial score (nSPS) is 10.9. The number of ether oxygens (including phenoxy) is 5. The number of hydrogen-bond donors (Lipinski definition) is 1. The van der Waals surface area contributed by atoms with Crippen molar-refractivity contribution in [2.75, 3.05) is 53.9 Å². The second-order valence-electron chi connectivity index (χ2n) is 10.8. The molecule has 0 unspecified atom stereocenters. The standard InChI is InChI=1S/C29H33N5O17/c1-17-9-19(27-30-21-11-20(44-3)12-22(45-4)25(21)28(37)31-27)10-18(2)26(17)47-8-7-46-23(35)5-6-24(36)48-13-29(14-49-32(38)39,15-50-33(40)41)16-51-34(42)43/h9-12H,5-8,13-16H2,1-4H3,(H,30,31,37). The molecule has 2 aromatic carbocycles. The second-order valence-corrected chi connectivity index (χ2v) is 10.8. The molecule has 22 nitrogen and oxygen atoms in total. The third-order valence-corrected chi connectivity index (χ3v) is 7.03. The first-order valence-corrected chi connectivity index (χ1v) is 14.7. The summed E-state index contributed by atoms with van der Waals surface area (Å²) in [6.07, 6.45) is -1.00. The number of aromatic amines is 1. The van der Waals surface area contributed by atoms with Crippen molar-refractivity contribution >= 4 is 22.8 Å². The van der Waals surface area contributed by atoms with Crippen molar-refractivity contribution in [3.63, 3.8) is 0 Å². The van der Waals surface area contributed by atoms with E-state index < -0.39 is 77.4 Å². The molecule has 0 bridgehead atoms. The van der Waals surface area contributed by atoms with Gasteiger partial charge in [0.05, 0.1) is 38.0 Å². The van der Waals surface area contributed by atoms with Crippen LogP contribution < -0.4 is 19.8 Å². The number of esters is 2. The van der Waals surface area contributed by atoms with Gasteiger partial charge in [0.1, 0.15) is 68.1 Å². The highest BCUT2D eigenvalue weighted by molar-refractivity contribution is 5.87. The molecule has 0 spiro atoms. The van der Waals surface area contributed by atoms with E-state index in [1.165, 1.54) is 14.2 Å². The molecule has 3 aromatic rings. The molecular weight excluding hydrogens is 690 g/mol. The van der Waals surface area contributed by atoms with E-state index in [0.717, 1.165) is 0 Å². The maximum absolute atomic E-state index is 12.9. The maximum atomic E-state index is 12.9. The Hall–Kier alpha value is -6.48. The van der Waals surface area contributed by atoms with Crippen LogP contribution in [-0.2, 0) is 33.6 Å². The van der Waals surface area contributed by atoms with Crippen LogP contribution in [0.1, 0.15) is 24.0 Å². The lowest BCUT2D eigenvalue weighted by molar-refractivity contribution is -0.782. The zero-order valence-corrected chi connectivity index (χ0v) is 27.7. The quantitative estimate of drug-likeness (QED) is 0.0712. The third-order valence-electron chi connectivity index (χ3n) is 7.03. The van der Waals surface area contributed by atoms with Gasteiger partial charge in [0, 0.05) is 17.7 Å². The molecular formula is C29H33N5O17. The highest BCUT2D eigenvalue weighted by Crippen LogP contribution is 2.31. The number of nitrogens with zero attached hydrogens (tertiary/aromatic N) is 4. The van der Waals surface area contributed by atoms with Crippen LogP contribution in [0.25, 0.3) is 22.3 Å². The molecule has 0 saturated heterocycles. The first-order valence-electron chi connectivity index (χ1n) is 14.7. The van der Waals surface area contributed by atoms with E-state index in [1.807, 2.05) is 0 Å². The predicted molar refractivity (Wildman–Crippen MR) is 168 cm³/mol. The smallest absolute Gasteiger partial charge is 0.306 e. The number of fused-ring (bicyclic) bond motifs is 1. The molecule has 276 valence electrons. The summed E-state index contributed by atoms with van der Waals surface area (Å²) in [4.78, 5) is 89.2. The number of carbonyl (C=O) groups excluding carboxylic acids is 2. The number of carbonyl (C=O) groups is 2. The summed E-state index contributed by atoms with van der Waals surface area (Å²) < 4.78 is 26.5. The first-order chi connectivity index (χ1) is 24.2. The van der Waals surface area contributed by atoms with Crippen LogP contribution in [0.3, 0.4) is 0 Å². The van der Waals surface area contributed by atoms with Crippen LogP contribution in [0.2, 0.25) is 0 Å². The largest absolute Gasteiger partial charge is 0.497 e. The minimum atomic E-state index is -2.03. The van der Waals surface area contributed by atoms with E-state index in [4.69, 9.17) is 23.7 Å². The fourth-order valence-corrected chi connectivity index (χ4v) is 4.64. The van der Waals surface area contributed by atoms with Crippen LogP contribution in [0.5, 0.6) is 17.2 Å². The number of H-pyrrole nitrogens is 1.